The lowest BCUT2D eigenvalue weighted by Gasteiger charge is -2.26. The topological polar surface area (TPSA) is 42.4 Å². The van der Waals surface area contributed by atoms with Crippen molar-refractivity contribution >= 4 is 71.6 Å². The molecule has 0 atom stereocenters. The molecule has 0 aliphatic heterocycles. The van der Waals surface area contributed by atoms with Crippen molar-refractivity contribution in [3.8, 4) is 22.6 Å². The third kappa shape index (κ3) is 4.65. The zero-order valence-corrected chi connectivity index (χ0v) is 26.4. The number of hydrogen-bond acceptors (Lipinski definition) is 4. The number of fused-ring (bicyclic) bond motifs is 7. The quantitative estimate of drug-likeness (QED) is 0.178. The van der Waals surface area contributed by atoms with Gasteiger partial charge in [0.2, 0.25) is 5.89 Å². The Morgan fingerprint density at radius 3 is 1.92 bits per heavy atom. The van der Waals surface area contributed by atoms with Crippen molar-refractivity contribution in [1.82, 2.24) is 4.98 Å². The number of benzene rings is 8. The second-order valence-electron chi connectivity index (χ2n) is 12.4. The van der Waals surface area contributed by atoms with E-state index in [9.17, 15) is 0 Å². The Morgan fingerprint density at radius 2 is 1.04 bits per heavy atom. The number of nitrogens with zero attached hydrogens (tertiary/aromatic N) is 2. The molecule has 0 N–H and O–H groups in total. The average Bonchev–Trinajstić information content (AvgIpc) is 3.75. The van der Waals surface area contributed by atoms with E-state index in [-0.39, 0.29) is 0 Å². The molecule has 0 aliphatic carbocycles. The number of oxazole rings is 1. The molecular weight excluding hydrogens is 601 g/mol. The molecule has 4 nitrogen and oxygen atoms in total. The average molecular weight is 629 g/mol. The third-order valence-electron chi connectivity index (χ3n) is 9.44. The van der Waals surface area contributed by atoms with Crippen molar-refractivity contribution in [2.75, 3.05) is 4.90 Å². The number of anilines is 3. The van der Waals surface area contributed by atoms with Gasteiger partial charge in [-0.1, -0.05) is 103 Å². The molecule has 10 rings (SSSR count). The molecule has 10 aromatic rings. The van der Waals surface area contributed by atoms with Gasteiger partial charge in [0.1, 0.15) is 16.7 Å². The number of hydrogen-bond donors (Lipinski definition) is 0. The van der Waals surface area contributed by atoms with Gasteiger partial charge in [-0.15, -0.1) is 0 Å². The predicted octanol–water partition coefficient (Wildman–Crippen LogP) is 12.8. The zero-order valence-electron chi connectivity index (χ0n) is 26.4. The Morgan fingerprint density at radius 1 is 0.367 bits per heavy atom. The van der Waals surface area contributed by atoms with Crippen LogP contribution >= 0.6 is 0 Å². The zero-order chi connectivity index (χ0) is 32.3. The monoisotopic (exact) mass is 628 g/mol. The SMILES string of the molecule is c1ccc(-c2cccc(N(c3ccc4c(ccc5ccccc54)c3)c3ccc4oc5cc6oc(-c7ccccc7)nc6cc5c4c3)c2)cc1. The third-order valence-corrected chi connectivity index (χ3v) is 9.44. The van der Waals surface area contributed by atoms with Crippen LogP contribution in [0.2, 0.25) is 0 Å². The first-order valence-corrected chi connectivity index (χ1v) is 16.4. The molecule has 4 heteroatoms. The van der Waals surface area contributed by atoms with Crippen LogP contribution < -0.4 is 4.90 Å². The van der Waals surface area contributed by atoms with Crippen LogP contribution in [0.4, 0.5) is 17.1 Å². The molecule has 2 aromatic heterocycles. The minimum Gasteiger partial charge on any atom is -0.456 e. The van der Waals surface area contributed by atoms with Crippen LogP contribution in [0.5, 0.6) is 0 Å². The van der Waals surface area contributed by atoms with Crippen LogP contribution in [0.15, 0.2) is 179 Å². The van der Waals surface area contributed by atoms with Crippen molar-refractivity contribution in [1.29, 1.82) is 0 Å². The van der Waals surface area contributed by atoms with Crippen molar-refractivity contribution in [3.05, 3.63) is 170 Å². The summed E-state index contributed by atoms with van der Waals surface area (Å²) in [4.78, 5) is 7.18. The Labute approximate surface area is 282 Å². The van der Waals surface area contributed by atoms with Gasteiger partial charge < -0.3 is 13.7 Å². The first-order chi connectivity index (χ1) is 24.2. The first-order valence-electron chi connectivity index (χ1n) is 16.4. The van der Waals surface area contributed by atoms with E-state index in [2.05, 4.69) is 138 Å². The molecule has 0 bridgehead atoms. The number of rotatable bonds is 5. The Balaban J connectivity index is 1.16. The Bertz CT molecular complexity index is 2830. The summed E-state index contributed by atoms with van der Waals surface area (Å²) in [5.74, 6) is 0.599. The Hall–Kier alpha value is -6.65. The smallest absolute Gasteiger partial charge is 0.227 e. The lowest BCUT2D eigenvalue weighted by atomic mass is 10.0. The van der Waals surface area contributed by atoms with Gasteiger partial charge in [-0.25, -0.2) is 4.98 Å². The van der Waals surface area contributed by atoms with E-state index in [0.717, 1.165) is 55.6 Å². The summed E-state index contributed by atoms with van der Waals surface area (Å²) < 4.78 is 12.6. The second kappa shape index (κ2) is 11.0. The molecule has 2 heterocycles. The summed E-state index contributed by atoms with van der Waals surface area (Å²) in [6, 6.07) is 59.5. The highest BCUT2D eigenvalue weighted by molar-refractivity contribution is 6.11. The van der Waals surface area contributed by atoms with Crippen LogP contribution in [0, 0.1) is 0 Å². The van der Waals surface area contributed by atoms with E-state index in [4.69, 9.17) is 13.8 Å². The van der Waals surface area contributed by atoms with Gasteiger partial charge in [0.05, 0.1) is 0 Å². The summed E-state index contributed by atoms with van der Waals surface area (Å²) in [6.45, 7) is 0. The molecule has 0 fully saturated rings. The van der Waals surface area contributed by atoms with E-state index in [1.165, 1.54) is 27.1 Å². The molecule has 0 radical (unpaired) electrons. The molecule has 0 saturated heterocycles. The lowest BCUT2D eigenvalue weighted by molar-refractivity contribution is 0.617. The molecule has 0 saturated carbocycles. The summed E-state index contributed by atoms with van der Waals surface area (Å²) in [6.07, 6.45) is 0. The van der Waals surface area contributed by atoms with E-state index < -0.39 is 0 Å². The largest absolute Gasteiger partial charge is 0.456 e. The summed E-state index contributed by atoms with van der Waals surface area (Å²) in [5, 5.41) is 6.95. The number of furan rings is 1. The van der Waals surface area contributed by atoms with Crippen molar-refractivity contribution in [3.63, 3.8) is 0 Å². The predicted molar refractivity (Wildman–Crippen MR) is 202 cm³/mol. The van der Waals surface area contributed by atoms with Crippen molar-refractivity contribution in [2.45, 2.75) is 0 Å². The molecule has 0 spiro atoms. The van der Waals surface area contributed by atoms with Gasteiger partial charge in [0.15, 0.2) is 5.58 Å². The standard InChI is InChI=1S/C45H28N2O2/c1-3-10-29(11-4-1)32-15-9-16-34(24-32)47(35-20-22-38-33(25-35)19-18-30-12-7-8-17-37(30)38)36-21-23-42-39(26-36)40-27-41-44(28-43(40)48-42)49-45(46-41)31-13-5-2-6-14-31/h1-28H. The normalized spacial score (nSPS) is 11.7. The molecular formula is C45H28N2O2. The maximum Gasteiger partial charge on any atom is 0.227 e. The maximum absolute atomic E-state index is 6.39. The molecule has 0 aliphatic rings. The number of aromatic nitrogens is 1. The van der Waals surface area contributed by atoms with Crippen LogP contribution in [0.3, 0.4) is 0 Å². The van der Waals surface area contributed by atoms with Gasteiger partial charge in [0.25, 0.3) is 0 Å². The van der Waals surface area contributed by atoms with Crippen LogP contribution in [0.1, 0.15) is 0 Å². The van der Waals surface area contributed by atoms with E-state index in [0.29, 0.717) is 11.5 Å². The summed E-state index contributed by atoms with van der Waals surface area (Å²) >= 11 is 0. The second-order valence-corrected chi connectivity index (χ2v) is 12.4. The van der Waals surface area contributed by atoms with Crippen molar-refractivity contribution in [2.24, 2.45) is 0 Å². The first kappa shape index (κ1) is 27.5. The fourth-order valence-corrected chi connectivity index (χ4v) is 7.07. The van der Waals surface area contributed by atoms with Gasteiger partial charge in [-0.3, -0.25) is 0 Å². The van der Waals surface area contributed by atoms with E-state index >= 15 is 0 Å². The lowest BCUT2D eigenvalue weighted by Crippen LogP contribution is -2.10. The van der Waals surface area contributed by atoms with Crippen molar-refractivity contribution < 1.29 is 8.83 Å². The van der Waals surface area contributed by atoms with Crippen LogP contribution in [0.25, 0.3) is 77.2 Å². The molecule has 49 heavy (non-hydrogen) atoms. The highest BCUT2D eigenvalue weighted by Crippen LogP contribution is 2.42. The Kier molecular flexibility index (Phi) is 6.15. The van der Waals surface area contributed by atoms with Crippen LogP contribution in [-0.2, 0) is 0 Å². The fourth-order valence-electron chi connectivity index (χ4n) is 7.07. The van der Waals surface area contributed by atoms with E-state index in [1.54, 1.807) is 0 Å². The fraction of sp³-hybridized carbons (Fsp3) is 0. The van der Waals surface area contributed by atoms with E-state index in [1.807, 2.05) is 36.4 Å². The van der Waals surface area contributed by atoms with Gasteiger partial charge in [-0.2, -0.15) is 0 Å². The van der Waals surface area contributed by atoms with Gasteiger partial charge in [-0.05, 0) is 93.3 Å². The minimum atomic E-state index is 0.599. The highest BCUT2D eigenvalue weighted by atomic mass is 16.4. The molecule has 8 aromatic carbocycles. The molecule has 230 valence electrons. The van der Waals surface area contributed by atoms with Gasteiger partial charge >= 0.3 is 0 Å². The molecule has 0 unspecified atom stereocenters. The summed E-state index contributed by atoms with van der Waals surface area (Å²) in [7, 11) is 0. The highest BCUT2D eigenvalue weighted by Gasteiger charge is 2.19. The van der Waals surface area contributed by atoms with Gasteiger partial charge in [0, 0.05) is 39.5 Å². The summed E-state index contributed by atoms with van der Waals surface area (Å²) in [5.41, 5.74) is 9.55. The maximum atomic E-state index is 6.39. The minimum absolute atomic E-state index is 0.599. The molecule has 0 amide bonds. The van der Waals surface area contributed by atoms with Crippen LogP contribution in [-0.4, -0.2) is 4.98 Å².